The van der Waals surface area contributed by atoms with Crippen molar-refractivity contribution in [3.63, 3.8) is 0 Å². The summed E-state index contributed by atoms with van der Waals surface area (Å²) in [5.41, 5.74) is 4.35. The topological polar surface area (TPSA) is 135 Å². The summed E-state index contributed by atoms with van der Waals surface area (Å²) < 4.78 is 6.38. The molecule has 3 fully saturated rings. The molecule has 57 heavy (non-hydrogen) atoms. The number of fused-ring (bicyclic) bond motifs is 1. The maximum atomic E-state index is 13.4. The highest BCUT2D eigenvalue weighted by molar-refractivity contribution is 6.31. The molecule has 4 aliphatic rings. The summed E-state index contributed by atoms with van der Waals surface area (Å²) in [5, 5.41) is 15.2. The van der Waals surface area contributed by atoms with Crippen LogP contribution in [0.1, 0.15) is 104 Å². The SMILES string of the molecule is CC1(C)[C@H](NC(=O)c2ccc(N3CCN(CCCCCCc4ccc5c(c4)CN(C4CCC(=O)NC4=O)C5=O)CC3)cc2)C(C)(C)[C@H]1Oc1ccc(C#N)c(Cl)c1. The van der Waals surface area contributed by atoms with E-state index in [1.54, 1.807) is 23.1 Å². The Balaban J connectivity index is 0.799. The highest BCUT2D eigenvalue weighted by Gasteiger charge is 2.64. The second-order valence-corrected chi connectivity index (χ2v) is 17.6. The van der Waals surface area contributed by atoms with Crippen LogP contribution in [0.15, 0.2) is 60.7 Å². The highest BCUT2D eigenvalue weighted by Crippen LogP contribution is 2.55. The number of benzene rings is 3. The van der Waals surface area contributed by atoms with Crippen LogP contribution in [-0.4, -0.2) is 84.3 Å². The average Bonchev–Trinajstić information content (AvgIpc) is 3.52. The molecule has 7 rings (SSSR count). The third-order valence-corrected chi connectivity index (χ3v) is 12.9. The predicted molar refractivity (Wildman–Crippen MR) is 219 cm³/mol. The quantitative estimate of drug-likeness (QED) is 0.148. The van der Waals surface area contributed by atoms with Gasteiger partial charge in [0.25, 0.3) is 11.8 Å². The van der Waals surface area contributed by atoms with E-state index in [2.05, 4.69) is 72.4 Å². The van der Waals surface area contributed by atoms with Gasteiger partial charge in [0.2, 0.25) is 11.8 Å². The number of carbonyl (C=O) groups is 4. The third-order valence-electron chi connectivity index (χ3n) is 12.6. The zero-order valence-corrected chi connectivity index (χ0v) is 34.2. The molecule has 3 aliphatic heterocycles. The molecule has 1 saturated carbocycles. The van der Waals surface area contributed by atoms with E-state index in [0.717, 1.165) is 69.7 Å². The summed E-state index contributed by atoms with van der Waals surface area (Å²) in [6.07, 6.45) is 6.00. The van der Waals surface area contributed by atoms with Gasteiger partial charge in [-0.15, -0.1) is 0 Å². The number of piperidine rings is 1. The normalized spacial score (nSPS) is 22.7. The van der Waals surface area contributed by atoms with E-state index in [1.807, 2.05) is 24.3 Å². The van der Waals surface area contributed by atoms with Crippen molar-refractivity contribution in [2.24, 2.45) is 10.8 Å². The standard InChI is InChI=1S/C45H53ClN6O5/c1-44(2)42(45(3,4)43(44)57-34-16-13-31(27-47)36(46)26-34)49-39(54)30-11-14-33(15-12-30)51-23-21-50(22-24-51)20-8-6-5-7-9-29-10-17-35-32(25-29)28-52(41(35)56)37-18-19-38(53)48-40(37)55/h10-17,25-26,37,42-43H,5-9,18-24,28H2,1-4H3,(H,49,54)(H,48,53,55)/t37?,42-,43-. The van der Waals surface area contributed by atoms with Crippen molar-refractivity contribution in [2.75, 3.05) is 37.6 Å². The Morgan fingerprint density at radius 1 is 0.930 bits per heavy atom. The lowest BCUT2D eigenvalue weighted by molar-refractivity contribution is -0.164. The molecular weight excluding hydrogens is 740 g/mol. The van der Waals surface area contributed by atoms with Gasteiger partial charge < -0.3 is 19.9 Å². The fraction of sp³-hybridized carbons (Fsp3) is 0.489. The molecule has 1 atom stereocenters. The van der Waals surface area contributed by atoms with E-state index in [-0.39, 0.29) is 53.0 Å². The average molecular weight is 793 g/mol. The molecule has 1 aliphatic carbocycles. The van der Waals surface area contributed by atoms with Crippen LogP contribution < -0.4 is 20.3 Å². The van der Waals surface area contributed by atoms with E-state index in [9.17, 15) is 24.4 Å². The number of unbranched alkanes of at least 4 members (excludes halogenated alkanes) is 3. The molecule has 3 heterocycles. The lowest BCUT2D eigenvalue weighted by Gasteiger charge is -2.63. The van der Waals surface area contributed by atoms with Crippen molar-refractivity contribution < 1.29 is 23.9 Å². The van der Waals surface area contributed by atoms with Gasteiger partial charge in [-0.2, -0.15) is 5.26 Å². The number of anilines is 1. The third kappa shape index (κ3) is 8.39. The molecule has 3 aromatic carbocycles. The first-order chi connectivity index (χ1) is 27.3. The van der Waals surface area contributed by atoms with Crippen LogP contribution in [0.4, 0.5) is 5.69 Å². The summed E-state index contributed by atoms with van der Waals surface area (Å²) in [5.74, 6) is -0.269. The van der Waals surface area contributed by atoms with E-state index < -0.39 is 6.04 Å². The first-order valence-electron chi connectivity index (χ1n) is 20.3. The number of imide groups is 1. The first-order valence-corrected chi connectivity index (χ1v) is 20.6. The fourth-order valence-electron chi connectivity index (χ4n) is 9.66. The smallest absolute Gasteiger partial charge is 0.255 e. The number of hydrogen-bond acceptors (Lipinski definition) is 8. The predicted octanol–water partition coefficient (Wildman–Crippen LogP) is 6.51. The van der Waals surface area contributed by atoms with Gasteiger partial charge in [-0.1, -0.05) is 64.3 Å². The van der Waals surface area contributed by atoms with Gasteiger partial charge in [0.05, 0.1) is 10.6 Å². The van der Waals surface area contributed by atoms with Gasteiger partial charge in [0.15, 0.2) is 0 Å². The Morgan fingerprint density at radius 3 is 2.33 bits per heavy atom. The summed E-state index contributed by atoms with van der Waals surface area (Å²) in [4.78, 5) is 56.9. The van der Waals surface area contributed by atoms with Gasteiger partial charge in [-0.3, -0.25) is 29.4 Å². The molecule has 2 N–H and O–H groups in total. The largest absolute Gasteiger partial charge is 0.489 e. The number of rotatable bonds is 13. The number of nitrogens with one attached hydrogen (secondary N) is 2. The molecule has 1 unspecified atom stereocenters. The second kappa shape index (κ2) is 16.5. The number of halogens is 1. The number of aryl methyl sites for hydroxylation is 1. The summed E-state index contributed by atoms with van der Waals surface area (Å²) >= 11 is 6.25. The van der Waals surface area contributed by atoms with Crippen molar-refractivity contribution in [3.05, 3.63) is 93.5 Å². The summed E-state index contributed by atoms with van der Waals surface area (Å²) in [6.45, 7) is 13.8. The second-order valence-electron chi connectivity index (χ2n) is 17.2. The van der Waals surface area contributed by atoms with Crippen LogP contribution in [0.2, 0.25) is 5.02 Å². The van der Waals surface area contributed by atoms with Crippen LogP contribution in [-0.2, 0) is 22.6 Å². The Hall–Kier alpha value is -4.92. The zero-order chi connectivity index (χ0) is 40.5. The van der Waals surface area contributed by atoms with Crippen LogP contribution in [0.25, 0.3) is 0 Å². The highest BCUT2D eigenvalue weighted by atomic mass is 35.5. The van der Waals surface area contributed by atoms with Crippen LogP contribution in [0, 0.1) is 22.2 Å². The molecule has 300 valence electrons. The first kappa shape index (κ1) is 40.3. The molecule has 0 spiro atoms. The summed E-state index contributed by atoms with van der Waals surface area (Å²) in [6, 6.07) is 20.5. The van der Waals surface area contributed by atoms with Gasteiger partial charge in [-0.05, 0) is 85.8 Å². The van der Waals surface area contributed by atoms with Crippen molar-refractivity contribution >= 4 is 40.9 Å². The molecule has 3 aromatic rings. The fourth-order valence-corrected chi connectivity index (χ4v) is 9.88. The van der Waals surface area contributed by atoms with E-state index in [4.69, 9.17) is 16.3 Å². The number of nitriles is 1. The lowest BCUT2D eigenvalue weighted by Crippen LogP contribution is -2.74. The molecule has 12 heteroatoms. The molecule has 0 radical (unpaired) electrons. The minimum Gasteiger partial charge on any atom is -0.489 e. The number of ether oxygens (including phenoxy) is 1. The van der Waals surface area contributed by atoms with Crippen LogP contribution in [0.5, 0.6) is 5.75 Å². The zero-order valence-electron chi connectivity index (χ0n) is 33.4. The van der Waals surface area contributed by atoms with Crippen molar-refractivity contribution in [3.8, 4) is 11.8 Å². The molecule has 11 nitrogen and oxygen atoms in total. The van der Waals surface area contributed by atoms with E-state index in [0.29, 0.717) is 40.4 Å². The van der Waals surface area contributed by atoms with Gasteiger partial charge in [0.1, 0.15) is 24.0 Å². The van der Waals surface area contributed by atoms with E-state index in [1.165, 1.54) is 12.0 Å². The maximum Gasteiger partial charge on any atom is 0.255 e. The number of hydrogen-bond donors (Lipinski definition) is 2. The number of amides is 4. The van der Waals surface area contributed by atoms with Crippen molar-refractivity contribution in [2.45, 2.75) is 97.4 Å². The minimum atomic E-state index is -0.583. The molecule has 4 amide bonds. The Kier molecular flexibility index (Phi) is 11.7. The van der Waals surface area contributed by atoms with Gasteiger partial charge >= 0.3 is 0 Å². The van der Waals surface area contributed by atoms with Crippen LogP contribution in [0.3, 0.4) is 0 Å². The molecule has 2 saturated heterocycles. The van der Waals surface area contributed by atoms with Crippen LogP contribution >= 0.6 is 11.6 Å². The Labute approximate surface area is 340 Å². The molecular formula is C45H53ClN6O5. The lowest BCUT2D eigenvalue weighted by atomic mass is 9.49. The Morgan fingerprint density at radius 2 is 1.65 bits per heavy atom. The van der Waals surface area contributed by atoms with Gasteiger partial charge in [0, 0.05) is 78.9 Å². The Bertz CT molecular complexity index is 2050. The number of carbonyl (C=O) groups excluding carboxylic acids is 4. The van der Waals surface area contributed by atoms with Crippen molar-refractivity contribution in [1.82, 2.24) is 20.4 Å². The minimum absolute atomic E-state index is 0.0977. The number of piperazine rings is 1. The monoisotopic (exact) mass is 792 g/mol. The summed E-state index contributed by atoms with van der Waals surface area (Å²) in [7, 11) is 0. The van der Waals surface area contributed by atoms with Crippen molar-refractivity contribution in [1.29, 1.82) is 5.26 Å². The molecule has 0 aromatic heterocycles. The van der Waals surface area contributed by atoms with Gasteiger partial charge in [-0.25, -0.2) is 0 Å². The van der Waals surface area contributed by atoms with E-state index >= 15 is 0 Å². The molecule has 0 bridgehead atoms. The number of nitrogens with zero attached hydrogens (tertiary/aromatic N) is 4. The maximum absolute atomic E-state index is 13.4.